The van der Waals surface area contributed by atoms with E-state index in [9.17, 15) is 4.79 Å². The van der Waals surface area contributed by atoms with Crippen LogP contribution in [0.1, 0.15) is 16.6 Å². The van der Waals surface area contributed by atoms with Crippen molar-refractivity contribution in [3.8, 4) is 0 Å². The number of nitrogens with one attached hydrogen (secondary N) is 1. The topological polar surface area (TPSA) is 61.9 Å². The molecule has 0 radical (unpaired) electrons. The van der Waals surface area contributed by atoms with Crippen molar-refractivity contribution in [2.75, 3.05) is 10.7 Å². The molecule has 1 aliphatic rings. The van der Waals surface area contributed by atoms with Gasteiger partial charge >= 0.3 is 0 Å². The molecule has 0 aromatic carbocycles. The number of amides is 1. The maximum absolute atomic E-state index is 12.0. The van der Waals surface area contributed by atoms with Gasteiger partial charge in [-0.3, -0.25) is 19.8 Å². The Labute approximate surface area is 109 Å². The third-order valence-electron chi connectivity index (χ3n) is 2.78. The number of pyridine rings is 1. The van der Waals surface area contributed by atoms with Crippen molar-refractivity contribution in [1.29, 1.82) is 0 Å². The number of aromatic amines is 1. The van der Waals surface area contributed by atoms with Crippen LogP contribution in [0.15, 0.2) is 30.6 Å². The molecule has 1 N–H and O–H groups in total. The van der Waals surface area contributed by atoms with Crippen LogP contribution in [0.3, 0.4) is 0 Å². The molecule has 3 heterocycles. The fourth-order valence-corrected chi connectivity index (χ4v) is 3.11. The number of aromatic nitrogens is 3. The van der Waals surface area contributed by atoms with Crippen molar-refractivity contribution in [3.05, 3.63) is 41.9 Å². The molecule has 1 atom stereocenters. The molecular formula is C12H12N4OS. The van der Waals surface area contributed by atoms with Crippen LogP contribution >= 0.6 is 11.8 Å². The second kappa shape index (κ2) is 4.45. The van der Waals surface area contributed by atoms with Crippen LogP contribution in [0.5, 0.6) is 0 Å². The average Bonchev–Trinajstić information content (AvgIpc) is 2.96. The van der Waals surface area contributed by atoms with Gasteiger partial charge in [-0.15, -0.1) is 11.8 Å². The van der Waals surface area contributed by atoms with E-state index in [0.29, 0.717) is 11.6 Å². The van der Waals surface area contributed by atoms with Crippen LogP contribution in [-0.4, -0.2) is 26.8 Å². The Kier molecular flexibility index (Phi) is 2.79. The number of aryl methyl sites for hydroxylation is 1. The first-order chi connectivity index (χ1) is 8.75. The number of thioether (sulfide) groups is 1. The Balaban J connectivity index is 1.98. The fraction of sp³-hybridized carbons (Fsp3) is 0.250. The first-order valence-electron chi connectivity index (χ1n) is 5.61. The van der Waals surface area contributed by atoms with E-state index >= 15 is 0 Å². The number of anilines is 1. The number of H-pyrrole nitrogens is 1. The molecule has 1 aliphatic heterocycles. The predicted octanol–water partition coefficient (Wildman–Crippen LogP) is 1.89. The number of nitrogens with zero attached hydrogens (tertiary/aromatic N) is 3. The average molecular weight is 260 g/mol. The summed E-state index contributed by atoms with van der Waals surface area (Å²) in [5.74, 6) is 1.24. The summed E-state index contributed by atoms with van der Waals surface area (Å²) in [7, 11) is 0. The van der Waals surface area contributed by atoms with Gasteiger partial charge in [-0.05, 0) is 13.0 Å². The number of carbonyl (C=O) groups excluding carboxylic acids is 1. The van der Waals surface area contributed by atoms with Gasteiger partial charge in [0.1, 0.15) is 5.37 Å². The van der Waals surface area contributed by atoms with Crippen molar-refractivity contribution in [2.45, 2.75) is 12.3 Å². The van der Waals surface area contributed by atoms with Crippen molar-refractivity contribution in [3.63, 3.8) is 0 Å². The van der Waals surface area contributed by atoms with E-state index in [1.165, 1.54) is 0 Å². The van der Waals surface area contributed by atoms with E-state index < -0.39 is 0 Å². The van der Waals surface area contributed by atoms with Gasteiger partial charge < -0.3 is 0 Å². The highest BCUT2D eigenvalue weighted by atomic mass is 32.2. The maximum Gasteiger partial charge on any atom is 0.239 e. The highest BCUT2D eigenvalue weighted by Crippen LogP contribution is 2.40. The summed E-state index contributed by atoms with van der Waals surface area (Å²) in [5.41, 5.74) is 1.97. The summed E-state index contributed by atoms with van der Waals surface area (Å²) >= 11 is 1.60. The first kappa shape index (κ1) is 11.3. The molecule has 0 spiro atoms. The smallest absolute Gasteiger partial charge is 0.239 e. The number of rotatable bonds is 2. The van der Waals surface area contributed by atoms with Crippen LogP contribution in [0.2, 0.25) is 0 Å². The quantitative estimate of drug-likeness (QED) is 0.895. The summed E-state index contributed by atoms with van der Waals surface area (Å²) in [4.78, 5) is 17.8. The van der Waals surface area contributed by atoms with Gasteiger partial charge in [0.05, 0.1) is 5.75 Å². The third-order valence-corrected chi connectivity index (χ3v) is 3.99. The molecule has 18 heavy (non-hydrogen) atoms. The summed E-state index contributed by atoms with van der Waals surface area (Å²) in [5, 5.41) is 7.01. The second-order valence-corrected chi connectivity index (χ2v) is 5.19. The van der Waals surface area contributed by atoms with E-state index in [4.69, 9.17) is 0 Å². The van der Waals surface area contributed by atoms with Gasteiger partial charge in [0.2, 0.25) is 5.91 Å². The van der Waals surface area contributed by atoms with Gasteiger partial charge in [0.15, 0.2) is 5.82 Å². The second-order valence-electron chi connectivity index (χ2n) is 4.12. The van der Waals surface area contributed by atoms with Crippen LogP contribution in [0.25, 0.3) is 0 Å². The fourth-order valence-electron chi connectivity index (χ4n) is 1.97. The Hall–Kier alpha value is -1.82. The highest BCUT2D eigenvalue weighted by Gasteiger charge is 2.35. The Bertz CT molecular complexity index is 568. The molecule has 6 heteroatoms. The number of carbonyl (C=O) groups is 1. The van der Waals surface area contributed by atoms with Crippen LogP contribution in [0, 0.1) is 6.92 Å². The molecule has 2 aromatic rings. The minimum Gasteiger partial charge on any atom is -0.281 e. The van der Waals surface area contributed by atoms with E-state index in [1.807, 2.05) is 25.1 Å². The number of hydrogen-bond donors (Lipinski definition) is 1. The molecule has 0 saturated carbocycles. The van der Waals surface area contributed by atoms with Gasteiger partial charge in [0.25, 0.3) is 0 Å². The van der Waals surface area contributed by atoms with E-state index in [2.05, 4.69) is 15.2 Å². The summed E-state index contributed by atoms with van der Waals surface area (Å²) in [6.07, 6.45) is 3.52. The van der Waals surface area contributed by atoms with Crippen molar-refractivity contribution in [1.82, 2.24) is 15.2 Å². The molecule has 2 aromatic heterocycles. The molecule has 1 fully saturated rings. The Morgan fingerprint density at radius 1 is 1.56 bits per heavy atom. The van der Waals surface area contributed by atoms with Crippen LogP contribution in [-0.2, 0) is 4.79 Å². The number of hydrogen-bond acceptors (Lipinski definition) is 4. The lowest BCUT2D eigenvalue weighted by atomic mass is 10.2. The van der Waals surface area contributed by atoms with Gasteiger partial charge in [-0.1, -0.05) is 6.07 Å². The maximum atomic E-state index is 12.0. The molecule has 92 valence electrons. The SMILES string of the molecule is Cc1cc(N2C(=O)CSC2c2cccnc2)n[nH]1. The minimum absolute atomic E-state index is 0.0334. The zero-order valence-corrected chi connectivity index (χ0v) is 10.6. The molecule has 3 rings (SSSR count). The van der Waals surface area contributed by atoms with E-state index in [0.717, 1.165) is 11.3 Å². The van der Waals surface area contributed by atoms with Crippen molar-refractivity contribution < 1.29 is 4.79 Å². The molecule has 1 amide bonds. The zero-order chi connectivity index (χ0) is 12.5. The van der Waals surface area contributed by atoms with Gasteiger partial charge in [-0.25, -0.2) is 0 Å². The lowest BCUT2D eigenvalue weighted by molar-refractivity contribution is -0.115. The van der Waals surface area contributed by atoms with Crippen LogP contribution in [0.4, 0.5) is 5.82 Å². The normalized spacial score (nSPS) is 19.5. The monoisotopic (exact) mass is 260 g/mol. The summed E-state index contributed by atoms with van der Waals surface area (Å²) in [6, 6.07) is 5.75. The van der Waals surface area contributed by atoms with E-state index in [-0.39, 0.29) is 11.3 Å². The Morgan fingerprint density at radius 3 is 3.11 bits per heavy atom. The molecule has 1 saturated heterocycles. The first-order valence-corrected chi connectivity index (χ1v) is 6.66. The summed E-state index contributed by atoms with van der Waals surface area (Å²) in [6.45, 7) is 1.92. The zero-order valence-electron chi connectivity index (χ0n) is 9.83. The highest BCUT2D eigenvalue weighted by molar-refractivity contribution is 8.00. The van der Waals surface area contributed by atoms with Crippen molar-refractivity contribution >= 4 is 23.5 Å². The van der Waals surface area contributed by atoms with Crippen molar-refractivity contribution in [2.24, 2.45) is 0 Å². The minimum atomic E-state index is -0.0334. The van der Waals surface area contributed by atoms with Gasteiger partial charge in [0, 0.05) is 29.7 Å². The molecule has 0 aliphatic carbocycles. The molecular weight excluding hydrogens is 248 g/mol. The molecule has 1 unspecified atom stereocenters. The van der Waals surface area contributed by atoms with Gasteiger partial charge in [-0.2, -0.15) is 5.10 Å². The molecule has 0 bridgehead atoms. The lowest BCUT2D eigenvalue weighted by Gasteiger charge is -2.21. The van der Waals surface area contributed by atoms with E-state index in [1.54, 1.807) is 29.1 Å². The lowest BCUT2D eigenvalue weighted by Crippen LogP contribution is -2.28. The predicted molar refractivity (Wildman–Crippen MR) is 70.2 cm³/mol. The molecule has 5 nitrogen and oxygen atoms in total. The largest absolute Gasteiger partial charge is 0.281 e. The van der Waals surface area contributed by atoms with Crippen LogP contribution < -0.4 is 4.90 Å². The third kappa shape index (κ3) is 1.88. The summed E-state index contributed by atoms with van der Waals surface area (Å²) < 4.78 is 0. The standard InChI is InChI=1S/C12H12N4OS/c1-8-5-10(15-14-8)16-11(17)7-18-12(16)9-3-2-4-13-6-9/h2-6,12H,7H2,1H3,(H,14,15). The Morgan fingerprint density at radius 2 is 2.44 bits per heavy atom.